The summed E-state index contributed by atoms with van der Waals surface area (Å²) in [6, 6.07) is 8.88. The first kappa shape index (κ1) is 17.4. The molecule has 0 radical (unpaired) electrons. The highest BCUT2D eigenvalue weighted by Crippen LogP contribution is 2.37. The largest absolute Gasteiger partial charge is 0.508 e. The Morgan fingerprint density at radius 2 is 1.93 bits per heavy atom. The summed E-state index contributed by atoms with van der Waals surface area (Å²) in [7, 11) is 0. The molecule has 0 aliphatic carbocycles. The number of fused-ring (bicyclic) bond motifs is 1. The van der Waals surface area contributed by atoms with Crippen LogP contribution >= 0.6 is 0 Å². The highest BCUT2D eigenvalue weighted by molar-refractivity contribution is 5.69. The first-order valence-electron chi connectivity index (χ1n) is 9.02. The minimum Gasteiger partial charge on any atom is -0.508 e. The number of aromatic nitrogens is 3. The van der Waals surface area contributed by atoms with Gasteiger partial charge in [0.25, 0.3) is 0 Å². The average Bonchev–Trinajstić information content (AvgIpc) is 3.02. The molecule has 1 aromatic heterocycles. The van der Waals surface area contributed by atoms with Gasteiger partial charge in [-0.3, -0.25) is 0 Å². The predicted molar refractivity (Wildman–Crippen MR) is 102 cm³/mol. The van der Waals surface area contributed by atoms with Crippen LogP contribution in [-0.2, 0) is 13.0 Å². The molecule has 4 N–H and O–H groups in total. The molecule has 0 amide bonds. The van der Waals surface area contributed by atoms with Crippen molar-refractivity contribution in [3.05, 3.63) is 57.5 Å². The van der Waals surface area contributed by atoms with Gasteiger partial charge in [-0.2, -0.15) is 5.10 Å². The quantitative estimate of drug-likeness (QED) is 0.570. The Balaban J connectivity index is 1.89. The molecule has 0 atom stereocenters. The molecule has 0 fully saturated rings. The van der Waals surface area contributed by atoms with Gasteiger partial charge in [-0.25, -0.2) is 14.5 Å². The maximum atomic E-state index is 12.5. The fourth-order valence-electron chi connectivity index (χ4n) is 3.56. The molecule has 4 rings (SSSR count). The van der Waals surface area contributed by atoms with Crippen LogP contribution in [0.4, 0.5) is 0 Å². The van der Waals surface area contributed by atoms with E-state index in [9.17, 15) is 15.0 Å². The lowest BCUT2D eigenvalue weighted by Gasteiger charge is -2.18. The van der Waals surface area contributed by atoms with E-state index in [2.05, 4.69) is 15.5 Å². The molecule has 140 valence electrons. The molecule has 0 saturated heterocycles. The van der Waals surface area contributed by atoms with E-state index in [1.807, 2.05) is 32.0 Å². The molecule has 2 heterocycles. The number of rotatable bonds is 3. The van der Waals surface area contributed by atoms with Crippen LogP contribution in [0.1, 0.15) is 36.5 Å². The van der Waals surface area contributed by atoms with E-state index in [0.29, 0.717) is 22.6 Å². The zero-order chi connectivity index (χ0) is 19.1. The Morgan fingerprint density at radius 3 is 2.70 bits per heavy atom. The van der Waals surface area contributed by atoms with E-state index in [1.54, 1.807) is 6.07 Å². The van der Waals surface area contributed by atoms with Crippen LogP contribution in [0.5, 0.6) is 11.5 Å². The Bertz CT molecular complexity index is 1070. The number of hydrogen-bond donors (Lipinski definition) is 4. The Labute approximate surface area is 156 Å². The van der Waals surface area contributed by atoms with E-state index in [1.165, 1.54) is 16.2 Å². The molecule has 1 aliphatic rings. The molecule has 0 unspecified atom stereocenters. The van der Waals surface area contributed by atoms with Crippen LogP contribution in [0.3, 0.4) is 0 Å². The zero-order valence-electron chi connectivity index (χ0n) is 15.3. The number of benzene rings is 2. The van der Waals surface area contributed by atoms with E-state index >= 15 is 0 Å². The Hall–Kier alpha value is -3.06. The third-order valence-electron chi connectivity index (χ3n) is 5.01. The van der Waals surface area contributed by atoms with Gasteiger partial charge >= 0.3 is 5.69 Å². The normalized spacial score (nSPS) is 13.7. The number of nitrogens with one attached hydrogen (secondary N) is 2. The van der Waals surface area contributed by atoms with Gasteiger partial charge in [-0.05, 0) is 53.8 Å². The van der Waals surface area contributed by atoms with Crippen LogP contribution in [0.2, 0.25) is 0 Å². The summed E-state index contributed by atoms with van der Waals surface area (Å²) in [5, 5.41) is 30.4. The summed E-state index contributed by atoms with van der Waals surface area (Å²) in [6.45, 7) is 5.60. The van der Waals surface area contributed by atoms with Gasteiger partial charge < -0.3 is 15.5 Å². The van der Waals surface area contributed by atoms with Crippen molar-refractivity contribution in [1.29, 1.82) is 0 Å². The zero-order valence-corrected chi connectivity index (χ0v) is 15.3. The summed E-state index contributed by atoms with van der Waals surface area (Å²) in [6.07, 6.45) is 0.958. The molecule has 27 heavy (non-hydrogen) atoms. The standard InChI is InChI=1S/C20H22N4O3/c1-11(2)15-8-16(18(26)9-17(15)25)19-22-23-20(27)24(19)14-4-3-12-5-6-21-10-13(12)7-14/h3-4,7-9,11,21,25-26H,5-6,10H2,1-2H3,(H,23,27). The van der Waals surface area contributed by atoms with Crippen molar-refractivity contribution < 1.29 is 10.2 Å². The van der Waals surface area contributed by atoms with Crippen molar-refractivity contribution in [3.63, 3.8) is 0 Å². The van der Waals surface area contributed by atoms with Gasteiger partial charge in [0, 0.05) is 12.6 Å². The van der Waals surface area contributed by atoms with Crippen molar-refractivity contribution in [1.82, 2.24) is 20.1 Å². The van der Waals surface area contributed by atoms with E-state index in [0.717, 1.165) is 25.1 Å². The Morgan fingerprint density at radius 1 is 1.11 bits per heavy atom. The minimum absolute atomic E-state index is 0.0236. The van der Waals surface area contributed by atoms with Gasteiger partial charge in [0.05, 0.1) is 11.3 Å². The third-order valence-corrected chi connectivity index (χ3v) is 5.01. The summed E-state index contributed by atoms with van der Waals surface area (Å²) in [5.41, 5.74) is 3.79. The second-order valence-corrected chi connectivity index (χ2v) is 7.15. The fourth-order valence-corrected chi connectivity index (χ4v) is 3.56. The van der Waals surface area contributed by atoms with Crippen molar-refractivity contribution >= 4 is 0 Å². The van der Waals surface area contributed by atoms with Gasteiger partial charge in [-0.1, -0.05) is 19.9 Å². The summed E-state index contributed by atoms with van der Waals surface area (Å²) >= 11 is 0. The molecular weight excluding hydrogens is 344 g/mol. The first-order chi connectivity index (χ1) is 13.0. The molecule has 2 aromatic carbocycles. The summed E-state index contributed by atoms with van der Waals surface area (Å²) < 4.78 is 1.45. The van der Waals surface area contributed by atoms with E-state index in [4.69, 9.17) is 0 Å². The van der Waals surface area contributed by atoms with Crippen LogP contribution < -0.4 is 11.0 Å². The molecule has 7 heteroatoms. The van der Waals surface area contributed by atoms with Gasteiger partial charge in [0.1, 0.15) is 11.5 Å². The SMILES string of the molecule is CC(C)c1cc(-c2n[nH]c(=O)n2-c2ccc3c(c2)CNCC3)c(O)cc1O. The number of phenols is 2. The lowest BCUT2D eigenvalue weighted by Crippen LogP contribution is -2.24. The Kier molecular flexibility index (Phi) is 4.24. The lowest BCUT2D eigenvalue weighted by atomic mass is 9.98. The van der Waals surface area contributed by atoms with Crippen LogP contribution in [0, 0.1) is 0 Å². The maximum Gasteiger partial charge on any atom is 0.348 e. The van der Waals surface area contributed by atoms with Gasteiger partial charge in [0.15, 0.2) is 5.82 Å². The summed E-state index contributed by atoms with van der Waals surface area (Å²) in [5.74, 6) is 0.258. The van der Waals surface area contributed by atoms with Gasteiger partial charge in [0.2, 0.25) is 0 Å². The second kappa shape index (κ2) is 6.59. The molecule has 0 bridgehead atoms. The molecule has 1 aliphatic heterocycles. The minimum atomic E-state index is -0.382. The van der Waals surface area contributed by atoms with Crippen LogP contribution in [0.15, 0.2) is 35.1 Å². The third kappa shape index (κ3) is 3.00. The predicted octanol–water partition coefficient (Wildman–Crippen LogP) is 2.41. The number of phenolic OH excluding ortho intramolecular Hbond substituents is 2. The smallest absolute Gasteiger partial charge is 0.348 e. The van der Waals surface area contributed by atoms with Crippen molar-refractivity contribution in [2.75, 3.05) is 6.54 Å². The summed E-state index contributed by atoms with van der Waals surface area (Å²) in [4.78, 5) is 12.5. The number of aromatic hydroxyl groups is 2. The first-order valence-corrected chi connectivity index (χ1v) is 9.02. The number of aromatic amines is 1. The molecular formula is C20H22N4O3. The van der Waals surface area contributed by atoms with Crippen molar-refractivity contribution in [3.8, 4) is 28.6 Å². The van der Waals surface area contributed by atoms with E-state index < -0.39 is 0 Å². The molecule has 0 saturated carbocycles. The average molecular weight is 366 g/mol. The van der Waals surface area contributed by atoms with Crippen LogP contribution in [-0.4, -0.2) is 31.5 Å². The van der Waals surface area contributed by atoms with Gasteiger partial charge in [-0.15, -0.1) is 0 Å². The monoisotopic (exact) mass is 366 g/mol. The molecule has 3 aromatic rings. The van der Waals surface area contributed by atoms with E-state index in [-0.39, 0.29) is 23.1 Å². The van der Waals surface area contributed by atoms with Crippen LogP contribution in [0.25, 0.3) is 17.1 Å². The van der Waals surface area contributed by atoms with Crippen molar-refractivity contribution in [2.24, 2.45) is 0 Å². The number of H-pyrrole nitrogens is 1. The second-order valence-electron chi connectivity index (χ2n) is 7.15. The lowest BCUT2D eigenvalue weighted by molar-refractivity contribution is 0.444. The molecule has 0 spiro atoms. The number of hydrogen-bond acceptors (Lipinski definition) is 5. The van der Waals surface area contributed by atoms with Crippen molar-refractivity contribution in [2.45, 2.75) is 32.7 Å². The number of nitrogens with zero attached hydrogens (tertiary/aromatic N) is 2. The maximum absolute atomic E-state index is 12.5. The topological polar surface area (TPSA) is 103 Å². The molecule has 7 nitrogen and oxygen atoms in total. The fraction of sp³-hybridized carbons (Fsp3) is 0.300. The highest BCUT2D eigenvalue weighted by Gasteiger charge is 2.20. The highest BCUT2D eigenvalue weighted by atomic mass is 16.3.